The number of halogens is 3. The Morgan fingerprint density at radius 3 is 1.89 bits per heavy atom. The maximum Gasteiger partial charge on any atom is 0.435 e. The number of fused-ring (bicyclic) bond motifs is 1. The fraction of sp³-hybridized carbons (Fsp3) is 0.178. The largest absolute Gasteiger partial charge is 0.435 e. The van der Waals surface area contributed by atoms with Gasteiger partial charge in [-0.2, -0.15) is 18.3 Å². The maximum absolute atomic E-state index is 15.2. The predicted molar refractivity (Wildman–Crippen MR) is 210 cm³/mol. The summed E-state index contributed by atoms with van der Waals surface area (Å²) in [7, 11) is 0. The minimum Gasteiger partial charge on any atom is -0.371 e. The summed E-state index contributed by atoms with van der Waals surface area (Å²) in [5.74, 6) is 0.0632. The van der Waals surface area contributed by atoms with E-state index in [9.17, 15) is 4.79 Å². The second-order valence-corrected chi connectivity index (χ2v) is 14.4. The van der Waals surface area contributed by atoms with Gasteiger partial charge in [0.05, 0.1) is 5.52 Å². The number of rotatable bonds is 9. The number of ketones is 1. The molecular weight excluding hydrogens is 702 g/mol. The molecule has 0 radical (unpaired) electrons. The maximum atomic E-state index is 15.2. The zero-order chi connectivity index (χ0) is 37.3. The first-order valence-corrected chi connectivity index (χ1v) is 19.2. The van der Waals surface area contributed by atoms with Gasteiger partial charge in [-0.15, -0.1) is 11.8 Å². The van der Waals surface area contributed by atoms with Crippen molar-refractivity contribution in [1.29, 1.82) is 0 Å². The van der Waals surface area contributed by atoms with Crippen molar-refractivity contribution < 1.29 is 18.0 Å². The predicted octanol–water partition coefficient (Wildman–Crippen LogP) is 10.8. The number of carbonyl (C=O) groups is 1. The fourth-order valence-corrected chi connectivity index (χ4v) is 8.53. The van der Waals surface area contributed by atoms with Crippen molar-refractivity contribution in [3.8, 4) is 11.1 Å². The normalized spacial score (nSPS) is 14.0. The summed E-state index contributed by atoms with van der Waals surface area (Å²) in [4.78, 5) is 21.3. The van der Waals surface area contributed by atoms with Crippen molar-refractivity contribution in [3.63, 3.8) is 0 Å². The van der Waals surface area contributed by atoms with E-state index in [1.54, 1.807) is 36.2 Å². The molecule has 1 aliphatic rings. The second-order valence-electron chi connectivity index (χ2n) is 13.5. The smallest absolute Gasteiger partial charge is 0.371 e. The molecule has 5 nitrogen and oxygen atoms in total. The molecule has 0 saturated carbocycles. The molecule has 0 spiro atoms. The molecule has 7 aromatic rings. The number of piperidine rings is 1. The minimum atomic E-state index is -4.74. The quantitative estimate of drug-likeness (QED) is 0.0839. The lowest BCUT2D eigenvalue weighted by Gasteiger charge is -2.36. The van der Waals surface area contributed by atoms with Crippen LogP contribution in [0.25, 0.3) is 22.0 Å². The number of aromatic nitrogens is 3. The first-order valence-electron chi connectivity index (χ1n) is 17.9. The first-order chi connectivity index (χ1) is 26.3. The van der Waals surface area contributed by atoms with Gasteiger partial charge in [-0.1, -0.05) is 115 Å². The number of carbonyl (C=O) groups excluding carboxylic acids is 1. The number of Topliss-reactive ketones (excluding diaryl/α,β-unsaturated/α-hetero) is 1. The van der Waals surface area contributed by atoms with Gasteiger partial charge < -0.3 is 4.90 Å². The van der Waals surface area contributed by atoms with Crippen LogP contribution in [0, 0.1) is 5.92 Å². The minimum absolute atomic E-state index is 0.0249. The lowest BCUT2D eigenvalue weighted by molar-refractivity contribution is -0.141. The molecule has 2 aromatic heterocycles. The molecule has 0 atom stereocenters. The first kappa shape index (κ1) is 35.4. The van der Waals surface area contributed by atoms with Crippen molar-refractivity contribution in [2.75, 3.05) is 24.2 Å². The molecule has 8 rings (SSSR count). The molecule has 270 valence electrons. The van der Waals surface area contributed by atoms with Crippen molar-refractivity contribution in [2.24, 2.45) is 5.92 Å². The van der Waals surface area contributed by atoms with E-state index in [1.807, 2.05) is 128 Å². The van der Waals surface area contributed by atoms with Gasteiger partial charge in [-0.3, -0.25) is 14.5 Å². The van der Waals surface area contributed by atoms with E-state index < -0.39 is 17.4 Å². The van der Waals surface area contributed by atoms with E-state index in [1.165, 1.54) is 10.9 Å². The molecule has 0 aliphatic carbocycles. The monoisotopic (exact) mass is 738 g/mol. The van der Waals surface area contributed by atoms with Crippen molar-refractivity contribution >= 4 is 34.1 Å². The molecule has 1 saturated heterocycles. The number of thioether (sulfide) groups is 1. The third-order valence-electron chi connectivity index (χ3n) is 10.5. The average molecular weight is 739 g/mol. The standard InChI is InChI=1S/C45H37F3N4OS/c1-54-41-20-12-11-19-36(41)42(53)31-24-27-51(28-25-31)40-23-26-49-39-22-21-32(29-37(39)40)38-30-52(50-43(38)45(46,47)48)44(33-13-5-2-6-14-33,34-15-7-3-8-16-34)35-17-9-4-10-18-35/h2-23,26,29-31H,24-25,27-28H2,1H3. The van der Waals surface area contributed by atoms with E-state index in [4.69, 9.17) is 0 Å². The highest BCUT2D eigenvalue weighted by Crippen LogP contribution is 2.45. The Morgan fingerprint density at radius 1 is 0.741 bits per heavy atom. The Bertz CT molecular complexity index is 2310. The van der Waals surface area contributed by atoms with Crippen LogP contribution in [0.15, 0.2) is 157 Å². The number of nitrogens with zero attached hydrogens (tertiary/aromatic N) is 4. The van der Waals surface area contributed by atoms with Crippen LogP contribution in [-0.4, -0.2) is 39.9 Å². The van der Waals surface area contributed by atoms with Gasteiger partial charge in [0.2, 0.25) is 0 Å². The highest BCUT2D eigenvalue weighted by molar-refractivity contribution is 7.98. The summed E-state index contributed by atoms with van der Waals surface area (Å²) in [6.07, 6.45) is 1.86. The van der Waals surface area contributed by atoms with Crippen LogP contribution < -0.4 is 4.90 Å². The highest BCUT2D eigenvalue weighted by Gasteiger charge is 2.44. The van der Waals surface area contributed by atoms with E-state index in [2.05, 4.69) is 15.0 Å². The number of hydrogen-bond donors (Lipinski definition) is 0. The summed E-state index contributed by atoms with van der Waals surface area (Å²) in [5.41, 5.74) is 2.81. The Labute approximate surface area is 316 Å². The molecule has 1 fully saturated rings. The van der Waals surface area contributed by atoms with Crippen molar-refractivity contribution in [1.82, 2.24) is 14.8 Å². The van der Waals surface area contributed by atoms with Gasteiger partial charge in [0, 0.05) is 58.5 Å². The van der Waals surface area contributed by atoms with E-state index >= 15 is 13.2 Å². The second kappa shape index (κ2) is 14.6. The molecular formula is C45H37F3N4OS. The molecule has 0 bridgehead atoms. The summed E-state index contributed by atoms with van der Waals surface area (Å²) < 4.78 is 47.0. The third-order valence-corrected chi connectivity index (χ3v) is 11.3. The van der Waals surface area contributed by atoms with E-state index in [0.717, 1.165) is 38.2 Å². The highest BCUT2D eigenvalue weighted by atomic mass is 32.2. The van der Waals surface area contributed by atoms with Crippen LogP contribution in [0.5, 0.6) is 0 Å². The van der Waals surface area contributed by atoms with Gasteiger partial charge in [-0.05, 0) is 65.6 Å². The van der Waals surface area contributed by atoms with Gasteiger partial charge in [0.25, 0.3) is 0 Å². The van der Waals surface area contributed by atoms with Crippen LogP contribution >= 0.6 is 11.8 Å². The van der Waals surface area contributed by atoms with Crippen LogP contribution in [0.3, 0.4) is 0 Å². The number of hydrogen-bond acceptors (Lipinski definition) is 5. The van der Waals surface area contributed by atoms with Crippen LogP contribution in [0.2, 0.25) is 0 Å². The number of alkyl halides is 3. The van der Waals surface area contributed by atoms with Crippen molar-refractivity contribution in [3.05, 3.63) is 180 Å². The summed E-state index contributed by atoms with van der Waals surface area (Å²) >= 11 is 1.57. The molecule has 0 N–H and O–H groups in total. The average Bonchev–Trinajstić information content (AvgIpc) is 3.69. The third kappa shape index (κ3) is 6.36. The Morgan fingerprint density at radius 2 is 1.31 bits per heavy atom. The zero-order valence-corrected chi connectivity index (χ0v) is 30.4. The number of anilines is 1. The van der Waals surface area contributed by atoms with Gasteiger partial charge >= 0.3 is 6.18 Å². The van der Waals surface area contributed by atoms with Gasteiger partial charge in [0.15, 0.2) is 11.5 Å². The lowest BCUT2D eigenvalue weighted by atomic mass is 9.77. The topological polar surface area (TPSA) is 51.0 Å². The van der Waals surface area contributed by atoms with Gasteiger partial charge in [-0.25, -0.2) is 0 Å². The SMILES string of the molecule is CSc1ccccc1C(=O)C1CCN(c2ccnc3ccc(-c4cn(C(c5ccccc5)(c5ccccc5)c5ccccc5)nc4C(F)(F)F)cc23)CC1. The Balaban J connectivity index is 1.22. The van der Waals surface area contributed by atoms with Crippen LogP contribution in [0.1, 0.15) is 45.6 Å². The zero-order valence-electron chi connectivity index (χ0n) is 29.6. The summed E-state index contributed by atoms with van der Waals surface area (Å²) in [5, 5.41) is 5.19. The number of pyridine rings is 1. The number of benzene rings is 5. The fourth-order valence-electron chi connectivity index (χ4n) is 7.93. The molecule has 0 amide bonds. The Hall–Kier alpha value is -5.67. The molecule has 54 heavy (non-hydrogen) atoms. The van der Waals surface area contributed by atoms with Crippen LogP contribution in [0.4, 0.5) is 18.9 Å². The summed E-state index contributed by atoms with van der Waals surface area (Å²) in [6.45, 7) is 1.28. The lowest BCUT2D eigenvalue weighted by Crippen LogP contribution is -2.38. The molecule has 1 aliphatic heterocycles. The molecule has 3 heterocycles. The van der Waals surface area contributed by atoms with Gasteiger partial charge in [0.1, 0.15) is 5.54 Å². The molecule has 5 aromatic carbocycles. The summed E-state index contributed by atoms with van der Waals surface area (Å²) in [6, 6.07) is 43.6. The Kier molecular flexibility index (Phi) is 9.58. The molecule has 9 heteroatoms. The van der Waals surface area contributed by atoms with E-state index in [0.29, 0.717) is 37.0 Å². The van der Waals surface area contributed by atoms with Crippen molar-refractivity contribution in [2.45, 2.75) is 29.5 Å². The van der Waals surface area contributed by atoms with Crippen LogP contribution in [-0.2, 0) is 11.7 Å². The molecule has 0 unspecified atom stereocenters. The van der Waals surface area contributed by atoms with E-state index in [-0.39, 0.29) is 17.3 Å².